The number of carbonyl (C=O) groups is 1. The summed E-state index contributed by atoms with van der Waals surface area (Å²) in [5.41, 5.74) is 4.71. The molecule has 1 aromatic carbocycles. The summed E-state index contributed by atoms with van der Waals surface area (Å²) >= 11 is 0. The summed E-state index contributed by atoms with van der Waals surface area (Å²) in [6, 6.07) is 2.88. The summed E-state index contributed by atoms with van der Waals surface area (Å²) in [4.78, 5) is 10.3. The van der Waals surface area contributed by atoms with Crippen molar-refractivity contribution in [1.29, 1.82) is 0 Å². The summed E-state index contributed by atoms with van der Waals surface area (Å²) in [5.74, 6) is 3.02. The van der Waals surface area contributed by atoms with Crippen LogP contribution in [0.15, 0.2) is 23.1 Å². The number of amides is 1. The maximum absolute atomic E-state index is 13.1. The van der Waals surface area contributed by atoms with Gasteiger partial charge in [-0.25, -0.2) is 17.5 Å². The first-order valence-corrected chi connectivity index (χ1v) is 6.52. The molecule has 1 rings (SSSR count). The third-order valence-corrected chi connectivity index (χ3v) is 3.43. The normalized spacial score (nSPS) is 10.6. The highest BCUT2D eigenvalue weighted by atomic mass is 32.2. The highest BCUT2D eigenvalue weighted by molar-refractivity contribution is 7.89. The van der Waals surface area contributed by atoms with Crippen molar-refractivity contribution in [3.05, 3.63) is 29.6 Å². The van der Waals surface area contributed by atoms with Crippen LogP contribution < -0.4 is 10.5 Å². The molecule has 1 amide bonds. The largest absolute Gasteiger partial charge is 0.384 e. The lowest BCUT2D eigenvalue weighted by molar-refractivity contribution is -0.116. The zero-order valence-corrected chi connectivity index (χ0v) is 10.5. The van der Waals surface area contributed by atoms with Crippen LogP contribution in [0.1, 0.15) is 5.56 Å². The Morgan fingerprint density at radius 2 is 2.16 bits per heavy atom. The molecule has 6 nitrogen and oxygen atoms in total. The van der Waals surface area contributed by atoms with Gasteiger partial charge in [0.25, 0.3) is 0 Å². The minimum atomic E-state index is -4.03. The first kappa shape index (κ1) is 15.1. The smallest absolute Gasteiger partial charge is 0.242 e. The monoisotopic (exact) mass is 286 g/mol. The van der Waals surface area contributed by atoms with E-state index in [9.17, 15) is 17.6 Å². The van der Waals surface area contributed by atoms with Crippen LogP contribution in [0.4, 0.5) is 4.39 Å². The number of hydrogen-bond donors (Lipinski definition) is 3. The predicted molar refractivity (Wildman–Crippen MR) is 64.7 cm³/mol. The lowest BCUT2D eigenvalue weighted by Crippen LogP contribution is -2.33. The molecule has 0 spiro atoms. The van der Waals surface area contributed by atoms with Crippen molar-refractivity contribution in [3.63, 3.8) is 0 Å². The van der Waals surface area contributed by atoms with Gasteiger partial charge in [0.1, 0.15) is 12.4 Å². The molecular formula is C11H11FN2O4S. The summed E-state index contributed by atoms with van der Waals surface area (Å²) < 4.78 is 38.7. The van der Waals surface area contributed by atoms with Crippen molar-refractivity contribution in [3.8, 4) is 11.8 Å². The van der Waals surface area contributed by atoms with E-state index in [1.807, 2.05) is 4.72 Å². The first-order chi connectivity index (χ1) is 8.86. The second kappa shape index (κ2) is 6.29. The van der Waals surface area contributed by atoms with Gasteiger partial charge in [-0.3, -0.25) is 4.79 Å². The van der Waals surface area contributed by atoms with Crippen molar-refractivity contribution < 1.29 is 22.7 Å². The Kier molecular flexibility index (Phi) is 5.00. The molecule has 0 atom stereocenters. The van der Waals surface area contributed by atoms with Gasteiger partial charge in [0.2, 0.25) is 15.9 Å². The number of aliphatic hydroxyl groups excluding tert-OH is 1. The molecule has 0 aliphatic carbocycles. The quantitative estimate of drug-likeness (QED) is 0.612. The number of hydrogen-bond acceptors (Lipinski definition) is 4. The van der Waals surface area contributed by atoms with Gasteiger partial charge < -0.3 is 10.8 Å². The lowest BCUT2D eigenvalue weighted by atomic mass is 10.2. The molecule has 1 aromatic rings. The van der Waals surface area contributed by atoms with Gasteiger partial charge in [0.15, 0.2) is 0 Å². The van der Waals surface area contributed by atoms with Crippen LogP contribution in [0.2, 0.25) is 0 Å². The molecule has 0 unspecified atom stereocenters. The van der Waals surface area contributed by atoms with Crippen molar-refractivity contribution in [2.45, 2.75) is 4.90 Å². The molecule has 19 heavy (non-hydrogen) atoms. The second-order valence-corrected chi connectivity index (χ2v) is 5.13. The Labute approximate surface area is 109 Å². The molecule has 0 saturated heterocycles. The standard InChI is InChI=1S/C11H11FN2O4S/c12-9-3-4-10(8(6-9)2-1-5-15)19(17,18)14-7-11(13)16/h3-4,6,14-15H,5,7H2,(H2,13,16). The molecule has 0 bridgehead atoms. The van der Waals surface area contributed by atoms with E-state index >= 15 is 0 Å². The Morgan fingerprint density at radius 3 is 2.74 bits per heavy atom. The summed E-state index contributed by atoms with van der Waals surface area (Å²) in [7, 11) is -4.03. The van der Waals surface area contributed by atoms with E-state index in [1.165, 1.54) is 0 Å². The molecule has 4 N–H and O–H groups in total. The topological polar surface area (TPSA) is 109 Å². The highest BCUT2D eigenvalue weighted by Gasteiger charge is 2.18. The summed E-state index contributed by atoms with van der Waals surface area (Å²) in [6.07, 6.45) is 0. The SMILES string of the molecule is NC(=O)CNS(=O)(=O)c1ccc(F)cc1C#CCO. The van der Waals surface area contributed by atoms with E-state index < -0.39 is 34.9 Å². The second-order valence-electron chi connectivity index (χ2n) is 3.39. The first-order valence-electron chi connectivity index (χ1n) is 5.04. The minimum Gasteiger partial charge on any atom is -0.384 e. The van der Waals surface area contributed by atoms with Crippen molar-refractivity contribution >= 4 is 15.9 Å². The average molecular weight is 286 g/mol. The zero-order valence-electron chi connectivity index (χ0n) is 9.68. The van der Waals surface area contributed by atoms with Gasteiger partial charge in [-0.05, 0) is 18.2 Å². The Hall–Kier alpha value is -1.95. The highest BCUT2D eigenvalue weighted by Crippen LogP contribution is 2.16. The number of halogens is 1. The number of sulfonamides is 1. The molecular weight excluding hydrogens is 275 g/mol. The van der Waals surface area contributed by atoms with Crippen LogP contribution in [-0.2, 0) is 14.8 Å². The molecule has 0 aliphatic rings. The van der Waals surface area contributed by atoms with E-state index in [4.69, 9.17) is 10.8 Å². The molecule has 0 fully saturated rings. The fraction of sp³-hybridized carbons (Fsp3) is 0.182. The van der Waals surface area contributed by atoms with E-state index in [0.29, 0.717) is 0 Å². The third kappa shape index (κ3) is 4.33. The fourth-order valence-corrected chi connectivity index (χ4v) is 2.35. The number of primary amides is 1. The van der Waals surface area contributed by atoms with Gasteiger partial charge in [-0.15, -0.1) is 0 Å². The zero-order chi connectivity index (χ0) is 14.5. The predicted octanol–water partition coefficient (Wildman–Crippen LogP) is -1.07. The number of nitrogens with one attached hydrogen (secondary N) is 1. The fourth-order valence-electron chi connectivity index (χ4n) is 1.21. The summed E-state index contributed by atoms with van der Waals surface area (Å²) in [6.45, 7) is -1.07. The van der Waals surface area contributed by atoms with Gasteiger partial charge in [-0.1, -0.05) is 11.8 Å². The van der Waals surface area contributed by atoms with Gasteiger partial charge in [-0.2, -0.15) is 0 Å². The van der Waals surface area contributed by atoms with Crippen LogP contribution in [0.3, 0.4) is 0 Å². The molecule has 0 aromatic heterocycles. The van der Waals surface area contributed by atoms with Crippen LogP contribution in [-0.4, -0.2) is 32.6 Å². The summed E-state index contributed by atoms with van der Waals surface area (Å²) in [5, 5.41) is 8.57. The van der Waals surface area contributed by atoms with E-state index in [-0.39, 0.29) is 10.5 Å². The maximum atomic E-state index is 13.1. The number of benzene rings is 1. The van der Waals surface area contributed by atoms with Crippen molar-refractivity contribution in [2.24, 2.45) is 5.73 Å². The number of aliphatic hydroxyl groups is 1. The molecule has 0 saturated carbocycles. The molecule has 0 heterocycles. The van der Waals surface area contributed by atoms with E-state index in [2.05, 4.69) is 11.8 Å². The molecule has 8 heteroatoms. The van der Waals surface area contributed by atoms with E-state index in [0.717, 1.165) is 18.2 Å². The Morgan fingerprint density at radius 1 is 1.47 bits per heavy atom. The number of carbonyl (C=O) groups excluding carboxylic acids is 1. The van der Waals surface area contributed by atoms with Crippen molar-refractivity contribution in [2.75, 3.05) is 13.2 Å². The lowest BCUT2D eigenvalue weighted by Gasteiger charge is -2.07. The van der Waals surface area contributed by atoms with Gasteiger partial charge >= 0.3 is 0 Å². The van der Waals surface area contributed by atoms with E-state index in [1.54, 1.807) is 0 Å². The minimum absolute atomic E-state index is 0.119. The van der Waals surface area contributed by atoms with Crippen LogP contribution in [0, 0.1) is 17.7 Å². The maximum Gasteiger partial charge on any atom is 0.242 e. The number of rotatable bonds is 4. The Balaban J connectivity index is 3.22. The third-order valence-electron chi connectivity index (χ3n) is 1.97. The average Bonchev–Trinajstić information content (AvgIpc) is 2.34. The van der Waals surface area contributed by atoms with Crippen molar-refractivity contribution in [1.82, 2.24) is 4.72 Å². The molecule has 102 valence electrons. The Bertz CT molecular complexity index is 646. The van der Waals surface area contributed by atoms with Gasteiger partial charge in [0.05, 0.1) is 11.4 Å². The number of nitrogens with two attached hydrogens (primary N) is 1. The van der Waals surface area contributed by atoms with Crippen LogP contribution in [0.5, 0.6) is 0 Å². The molecule has 0 radical (unpaired) electrons. The van der Waals surface area contributed by atoms with Gasteiger partial charge in [0, 0.05) is 5.56 Å². The van der Waals surface area contributed by atoms with Crippen LogP contribution in [0.25, 0.3) is 0 Å². The molecule has 0 aliphatic heterocycles. The van der Waals surface area contributed by atoms with Crippen LogP contribution >= 0.6 is 0 Å².